The number of hydrogen-bond donors (Lipinski definition) is 2. The second-order valence-corrected chi connectivity index (χ2v) is 8.13. The molecule has 0 aliphatic carbocycles. The smallest absolute Gasteiger partial charge is 0.481 e. The van der Waals surface area contributed by atoms with Crippen molar-refractivity contribution in [2.45, 2.75) is 59.1 Å². The minimum absolute atomic E-state index is 0.0193. The number of hydrogen-bond acceptors (Lipinski definition) is 7. The zero-order chi connectivity index (χ0) is 21.5. The maximum Gasteiger partial charge on any atom is 0.514 e. The van der Waals surface area contributed by atoms with Gasteiger partial charge in [0.25, 0.3) is 0 Å². The quantitative estimate of drug-likeness (QED) is 0.508. The average molecular weight is 395 g/mol. The SMILES string of the molecule is CC(C)(C)OC(=O)Oc1ccc(CC(N)C(=O)OCCC(C)(C)C(=O)O)cc1. The summed E-state index contributed by atoms with van der Waals surface area (Å²) in [7, 11) is 0. The second-order valence-electron chi connectivity index (χ2n) is 8.13. The number of rotatable bonds is 8. The summed E-state index contributed by atoms with van der Waals surface area (Å²) in [6.45, 7) is 8.31. The number of carboxylic acid groups (broad SMARTS) is 1. The Morgan fingerprint density at radius 2 is 1.64 bits per heavy atom. The highest BCUT2D eigenvalue weighted by Gasteiger charge is 2.27. The maximum absolute atomic E-state index is 12.0. The number of carbonyl (C=O) groups excluding carboxylic acids is 2. The Kier molecular flexibility index (Phi) is 7.99. The van der Waals surface area contributed by atoms with Crippen molar-refractivity contribution in [3.05, 3.63) is 29.8 Å². The van der Waals surface area contributed by atoms with E-state index in [1.807, 2.05) is 0 Å². The van der Waals surface area contributed by atoms with Gasteiger partial charge in [-0.1, -0.05) is 12.1 Å². The molecule has 0 radical (unpaired) electrons. The summed E-state index contributed by atoms with van der Waals surface area (Å²) >= 11 is 0. The Balaban J connectivity index is 2.49. The van der Waals surface area contributed by atoms with E-state index in [0.717, 1.165) is 5.56 Å². The van der Waals surface area contributed by atoms with Gasteiger partial charge in [0.05, 0.1) is 12.0 Å². The van der Waals surface area contributed by atoms with Crippen LogP contribution in [0, 0.1) is 5.41 Å². The number of aliphatic carboxylic acids is 1. The molecule has 3 N–H and O–H groups in total. The van der Waals surface area contributed by atoms with Crippen LogP contribution in [-0.2, 0) is 25.5 Å². The van der Waals surface area contributed by atoms with Gasteiger partial charge in [0.15, 0.2) is 0 Å². The Morgan fingerprint density at radius 1 is 1.07 bits per heavy atom. The van der Waals surface area contributed by atoms with Crippen LogP contribution in [0.2, 0.25) is 0 Å². The van der Waals surface area contributed by atoms with E-state index in [4.69, 9.17) is 25.1 Å². The van der Waals surface area contributed by atoms with Crippen molar-refractivity contribution in [2.75, 3.05) is 6.61 Å². The van der Waals surface area contributed by atoms with Crippen molar-refractivity contribution in [3.8, 4) is 5.75 Å². The summed E-state index contributed by atoms with van der Waals surface area (Å²) in [5.74, 6) is -1.25. The molecule has 0 heterocycles. The third-order valence-corrected chi connectivity index (χ3v) is 3.82. The van der Waals surface area contributed by atoms with E-state index in [0.29, 0.717) is 5.75 Å². The molecule has 0 saturated carbocycles. The largest absolute Gasteiger partial charge is 0.514 e. The van der Waals surface area contributed by atoms with Gasteiger partial charge in [-0.05, 0) is 65.2 Å². The minimum Gasteiger partial charge on any atom is -0.481 e. The first-order chi connectivity index (χ1) is 12.8. The normalized spacial score (nSPS) is 12.8. The van der Waals surface area contributed by atoms with Crippen molar-refractivity contribution in [1.29, 1.82) is 0 Å². The molecule has 1 aromatic carbocycles. The highest BCUT2D eigenvalue weighted by Crippen LogP contribution is 2.20. The summed E-state index contributed by atoms with van der Waals surface area (Å²) < 4.78 is 15.2. The van der Waals surface area contributed by atoms with Gasteiger partial charge in [-0.2, -0.15) is 0 Å². The highest BCUT2D eigenvalue weighted by atomic mass is 16.7. The lowest BCUT2D eigenvalue weighted by atomic mass is 9.90. The summed E-state index contributed by atoms with van der Waals surface area (Å²) in [5.41, 5.74) is 4.98. The van der Waals surface area contributed by atoms with Gasteiger partial charge >= 0.3 is 18.1 Å². The first kappa shape index (κ1) is 23.4. The third kappa shape index (κ3) is 8.39. The van der Waals surface area contributed by atoms with Crippen LogP contribution in [0.25, 0.3) is 0 Å². The Labute approximate surface area is 164 Å². The summed E-state index contributed by atoms with van der Waals surface area (Å²) in [5, 5.41) is 9.04. The summed E-state index contributed by atoms with van der Waals surface area (Å²) in [4.78, 5) is 34.6. The van der Waals surface area contributed by atoms with Crippen LogP contribution < -0.4 is 10.5 Å². The van der Waals surface area contributed by atoms with E-state index in [9.17, 15) is 14.4 Å². The fraction of sp³-hybridized carbons (Fsp3) is 0.550. The number of esters is 1. The molecular formula is C20H29NO7. The number of nitrogens with two attached hydrogens (primary N) is 1. The van der Waals surface area contributed by atoms with Crippen LogP contribution in [-0.4, -0.2) is 41.5 Å². The zero-order valence-corrected chi connectivity index (χ0v) is 17.0. The van der Waals surface area contributed by atoms with E-state index >= 15 is 0 Å². The van der Waals surface area contributed by atoms with Crippen LogP contribution >= 0.6 is 0 Å². The predicted molar refractivity (Wildman–Crippen MR) is 102 cm³/mol. The van der Waals surface area contributed by atoms with E-state index in [2.05, 4.69) is 0 Å². The van der Waals surface area contributed by atoms with Crippen molar-refractivity contribution in [1.82, 2.24) is 0 Å². The standard InChI is InChI=1S/C20H29NO7/c1-19(2,3)28-18(25)27-14-8-6-13(7-9-14)12-15(21)16(22)26-11-10-20(4,5)17(23)24/h6-9,15H,10-12,21H2,1-5H3,(H,23,24). The van der Waals surface area contributed by atoms with Crippen LogP contribution in [0.5, 0.6) is 5.75 Å². The summed E-state index contributed by atoms with van der Waals surface area (Å²) in [6.07, 6.45) is -0.379. The molecule has 1 atom stereocenters. The van der Waals surface area contributed by atoms with Crippen molar-refractivity contribution < 1.29 is 33.7 Å². The molecule has 0 aromatic heterocycles. The minimum atomic E-state index is -0.978. The Morgan fingerprint density at radius 3 is 2.14 bits per heavy atom. The molecule has 0 saturated heterocycles. The second kappa shape index (κ2) is 9.54. The Hall–Kier alpha value is -2.61. The number of carboxylic acids is 1. The molecule has 156 valence electrons. The fourth-order valence-corrected chi connectivity index (χ4v) is 2.02. The van der Waals surface area contributed by atoms with Crippen LogP contribution in [0.15, 0.2) is 24.3 Å². The molecule has 1 aromatic rings. The first-order valence-corrected chi connectivity index (χ1v) is 8.95. The van der Waals surface area contributed by atoms with Gasteiger partial charge in [0.2, 0.25) is 0 Å². The van der Waals surface area contributed by atoms with Gasteiger partial charge in [-0.25, -0.2) is 4.79 Å². The molecule has 1 rings (SSSR count). The van der Waals surface area contributed by atoms with Crippen molar-refractivity contribution in [2.24, 2.45) is 11.1 Å². The van der Waals surface area contributed by atoms with Gasteiger partial charge in [-0.3, -0.25) is 9.59 Å². The van der Waals surface area contributed by atoms with Crippen LogP contribution in [0.1, 0.15) is 46.6 Å². The molecule has 0 aliphatic rings. The highest BCUT2D eigenvalue weighted by molar-refractivity contribution is 5.76. The predicted octanol–water partition coefficient (Wildman–Crippen LogP) is 2.91. The average Bonchev–Trinajstić information content (AvgIpc) is 2.54. The van der Waals surface area contributed by atoms with Gasteiger partial charge in [-0.15, -0.1) is 0 Å². The monoisotopic (exact) mass is 395 g/mol. The van der Waals surface area contributed by atoms with Crippen molar-refractivity contribution in [3.63, 3.8) is 0 Å². The lowest BCUT2D eigenvalue weighted by Gasteiger charge is -2.19. The molecule has 28 heavy (non-hydrogen) atoms. The molecule has 1 unspecified atom stereocenters. The Bertz CT molecular complexity index is 690. The third-order valence-electron chi connectivity index (χ3n) is 3.82. The van der Waals surface area contributed by atoms with E-state index < -0.39 is 35.2 Å². The van der Waals surface area contributed by atoms with Crippen LogP contribution in [0.4, 0.5) is 4.79 Å². The topological polar surface area (TPSA) is 125 Å². The molecule has 0 aliphatic heterocycles. The molecule has 8 nitrogen and oxygen atoms in total. The molecule has 0 spiro atoms. The van der Waals surface area contributed by atoms with E-state index in [1.54, 1.807) is 58.9 Å². The van der Waals surface area contributed by atoms with E-state index in [-0.39, 0.29) is 19.4 Å². The number of benzene rings is 1. The number of ether oxygens (including phenoxy) is 3. The molecule has 8 heteroatoms. The zero-order valence-electron chi connectivity index (χ0n) is 17.0. The molecule has 0 fully saturated rings. The molecule has 0 bridgehead atoms. The lowest BCUT2D eigenvalue weighted by molar-refractivity contribution is -0.152. The molecular weight excluding hydrogens is 366 g/mol. The van der Waals surface area contributed by atoms with Crippen LogP contribution in [0.3, 0.4) is 0 Å². The van der Waals surface area contributed by atoms with Gasteiger partial charge in [0.1, 0.15) is 17.4 Å². The maximum atomic E-state index is 12.0. The van der Waals surface area contributed by atoms with Gasteiger partial charge < -0.3 is 25.1 Å². The lowest BCUT2D eigenvalue weighted by Crippen LogP contribution is -2.35. The number of carbonyl (C=O) groups is 3. The summed E-state index contributed by atoms with van der Waals surface area (Å²) in [6, 6.07) is 5.63. The molecule has 0 amide bonds. The van der Waals surface area contributed by atoms with Gasteiger partial charge in [0, 0.05) is 0 Å². The first-order valence-electron chi connectivity index (χ1n) is 8.95. The van der Waals surface area contributed by atoms with E-state index in [1.165, 1.54) is 0 Å². The fourth-order valence-electron chi connectivity index (χ4n) is 2.02. The van der Waals surface area contributed by atoms with Crippen molar-refractivity contribution >= 4 is 18.1 Å².